The summed E-state index contributed by atoms with van der Waals surface area (Å²) in [7, 11) is 4.09. The average molecular weight is 251 g/mol. The number of rotatable bonds is 7. The first-order chi connectivity index (χ1) is 7.06. The first kappa shape index (κ1) is 17.6. The van der Waals surface area contributed by atoms with Crippen LogP contribution < -0.4 is 5.32 Å². The molecule has 0 aromatic heterocycles. The van der Waals surface area contributed by atoms with Crippen LogP contribution in [-0.2, 0) is 9.53 Å². The lowest BCUT2D eigenvalue weighted by molar-refractivity contribution is -0.137. The highest BCUT2D eigenvalue weighted by atomic mass is 35.5. The van der Waals surface area contributed by atoms with Crippen molar-refractivity contribution in [3.05, 3.63) is 11.8 Å². The quantitative estimate of drug-likeness (QED) is 0.422. The van der Waals surface area contributed by atoms with Gasteiger partial charge in [-0.05, 0) is 40.9 Å². The Balaban J connectivity index is 0. The molecule has 1 N–H and O–H groups in total. The van der Waals surface area contributed by atoms with Crippen molar-refractivity contribution in [2.24, 2.45) is 0 Å². The van der Waals surface area contributed by atoms with Crippen molar-refractivity contribution in [2.45, 2.75) is 20.3 Å². The summed E-state index contributed by atoms with van der Waals surface area (Å²) in [4.78, 5) is 13.2. The molecule has 0 aromatic rings. The van der Waals surface area contributed by atoms with Crippen molar-refractivity contribution in [3.8, 4) is 0 Å². The summed E-state index contributed by atoms with van der Waals surface area (Å²) in [5.74, 6) is -0.282. The van der Waals surface area contributed by atoms with Crippen LogP contribution in [-0.4, -0.2) is 44.7 Å². The lowest BCUT2D eigenvalue weighted by atomic mass is 10.3. The number of carbonyl (C=O) groups excluding carboxylic acids is 1. The van der Waals surface area contributed by atoms with Crippen molar-refractivity contribution in [2.75, 3.05) is 33.8 Å². The van der Waals surface area contributed by atoms with Crippen LogP contribution in [0.5, 0.6) is 0 Å². The molecule has 0 amide bonds. The minimum Gasteiger partial charge on any atom is -0.463 e. The fourth-order valence-corrected chi connectivity index (χ4v) is 1.09. The molecule has 5 heteroatoms. The van der Waals surface area contributed by atoms with Gasteiger partial charge in [-0.25, -0.2) is 4.79 Å². The maximum atomic E-state index is 11.0. The molecule has 0 spiro atoms. The van der Waals surface area contributed by atoms with Gasteiger partial charge in [0.05, 0.1) is 6.61 Å². The van der Waals surface area contributed by atoms with Crippen molar-refractivity contribution < 1.29 is 9.53 Å². The van der Waals surface area contributed by atoms with E-state index in [1.807, 2.05) is 21.0 Å². The molecule has 0 radical (unpaired) electrons. The van der Waals surface area contributed by atoms with E-state index < -0.39 is 0 Å². The van der Waals surface area contributed by atoms with Gasteiger partial charge >= 0.3 is 5.97 Å². The summed E-state index contributed by atoms with van der Waals surface area (Å²) < 4.78 is 4.79. The highest BCUT2D eigenvalue weighted by Crippen LogP contribution is 1.90. The second kappa shape index (κ2) is 10.8. The van der Waals surface area contributed by atoms with Crippen LogP contribution >= 0.6 is 12.4 Å². The smallest absolute Gasteiger partial charge is 0.332 e. The number of ether oxygens (including phenoxy) is 1. The van der Waals surface area contributed by atoms with Crippen LogP contribution in [0.15, 0.2) is 11.8 Å². The fourth-order valence-electron chi connectivity index (χ4n) is 1.09. The van der Waals surface area contributed by atoms with E-state index in [1.54, 1.807) is 6.92 Å². The minimum absolute atomic E-state index is 0. The third-order valence-corrected chi connectivity index (χ3v) is 1.81. The van der Waals surface area contributed by atoms with E-state index in [-0.39, 0.29) is 18.4 Å². The molecular formula is C11H23ClN2O2. The van der Waals surface area contributed by atoms with Gasteiger partial charge in [0, 0.05) is 18.3 Å². The van der Waals surface area contributed by atoms with Gasteiger partial charge in [0.25, 0.3) is 0 Å². The number of nitrogens with one attached hydrogen (secondary N) is 1. The molecule has 0 heterocycles. The van der Waals surface area contributed by atoms with Gasteiger partial charge in [0.2, 0.25) is 0 Å². The Kier molecular flexibility index (Phi) is 11.9. The third kappa shape index (κ3) is 11.3. The summed E-state index contributed by atoms with van der Waals surface area (Å²) in [6.07, 6.45) is 2.54. The third-order valence-electron chi connectivity index (χ3n) is 1.81. The Labute approximate surface area is 104 Å². The fraction of sp³-hybridized carbons (Fsp3) is 0.727. The molecule has 0 aliphatic carbocycles. The summed E-state index contributed by atoms with van der Waals surface area (Å²) >= 11 is 0. The molecule has 0 aliphatic rings. The maximum Gasteiger partial charge on any atom is 0.332 e. The maximum absolute atomic E-state index is 11.0. The summed E-state index contributed by atoms with van der Waals surface area (Å²) in [5, 5.41) is 3.16. The number of nitrogens with zero attached hydrogens (tertiary/aromatic N) is 1. The Morgan fingerprint density at radius 1 is 1.44 bits per heavy atom. The van der Waals surface area contributed by atoms with Crippen LogP contribution in [0.3, 0.4) is 0 Å². The first-order valence-electron chi connectivity index (χ1n) is 5.30. The molecule has 0 saturated carbocycles. The van der Waals surface area contributed by atoms with Gasteiger partial charge < -0.3 is 15.0 Å². The van der Waals surface area contributed by atoms with Gasteiger partial charge in [0.1, 0.15) is 0 Å². The van der Waals surface area contributed by atoms with Crippen LogP contribution in [0, 0.1) is 0 Å². The number of hydrogen-bond donors (Lipinski definition) is 1. The number of allylic oxidation sites excluding steroid dienone is 1. The minimum atomic E-state index is -0.282. The molecule has 0 saturated heterocycles. The van der Waals surface area contributed by atoms with Crippen LogP contribution in [0.4, 0.5) is 0 Å². The zero-order chi connectivity index (χ0) is 11.7. The second-order valence-corrected chi connectivity index (χ2v) is 3.66. The van der Waals surface area contributed by atoms with Crippen LogP contribution in [0.1, 0.15) is 20.3 Å². The SMILES string of the molecule is CCOC(=O)/C=C(\C)NCCCN(C)C.Cl. The largest absolute Gasteiger partial charge is 0.463 e. The highest BCUT2D eigenvalue weighted by Gasteiger charge is 1.97. The van der Waals surface area contributed by atoms with E-state index in [4.69, 9.17) is 4.74 Å². The predicted octanol–water partition coefficient (Wildman–Crippen LogP) is 1.42. The molecule has 0 atom stereocenters. The van der Waals surface area contributed by atoms with E-state index in [0.29, 0.717) is 6.61 Å². The van der Waals surface area contributed by atoms with E-state index >= 15 is 0 Å². The molecular weight excluding hydrogens is 228 g/mol. The number of carbonyl (C=O) groups is 1. The molecule has 16 heavy (non-hydrogen) atoms. The Bertz CT molecular complexity index is 218. The lowest BCUT2D eigenvalue weighted by Gasteiger charge is -2.10. The van der Waals surface area contributed by atoms with Crippen molar-refractivity contribution in [1.82, 2.24) is 10.2 Å². The molecule has 4 nitrogen and oxygen atoms in total. The molecule has 96 valence electrons. The molecule has 0 bridgehead atoms. The predicted molar refractivity (Wildman–Crippen MR) is 68.8 cm³/mol. The number of hydrogen-bond acceptors (Lipinski definition) is 4. The average Bonchev–Trinajstić information content (AvgIpc) is 2.12. The monoisotopic (exact) mass is 250 g/mol. The van der Waals surface area contributed by atoms with Crippen molar-refractivity contribution >= 4 is 18.4 Å². The summed E-state index contributed by atoms with van der Waals surface area (Å²) in [5.41, 5.74) is 0.854. The van der Waals surface area contributed by atoms with Crippen molar-refractivity contribution in [3.63, 3.8) is 0 Å². The van der Waals surface area contributed by atoms with E-state index in [2.05, 4.69) is 10.2 Å². The van der Waals surface area contributed by atoms with Crippen LogP contribution in [0.25, 0.3) is 0 Å². The standard InChI is InChI=1S/C11H22N2O2.ClH/c1-5-15-11(14)9-10(2)12-7-6-8-13(3)4;/h9,12H,5-8H2,1-4H3;1H/b10-9+;. The Hall–Kier alpha value is -0.740. The zero-order valence-corrected chi connectivity index (χ0v) is 11.4. The Morgan fingerprint density at radius 3 is 2.56 bits per heavy atom. The molecule has 0 fully saturated rings. The summed E-state index contributed by atoms with van der Waals surface area (Å²) in [6, 6.07) is 0. The Morgan fingerprint density at radius 2 is 2.06 bits per heavy atom. The molecule has 0 aliphatic heterocycles. The number of halogens is 1. The van der Waals surface area contributed by atoms with E-state index in [9.17, 15) is 4.79 Å². The second-order valence-electron chi connectivity index (χ2n) is 3.66. The normalized spacial score (nSPS) is 10.9. The van der Waals surface area contributed by atoms with Crippen molar-refractivity contribution in [1.29, 1.82) is 0 Å². The summed E-state index contributed by atoms with van der Waals surface area (Å²) in [6.45, 7) is 6.00. The molecule has 0 unspecified atom stereocenters. The van der Waals surface area contributed by atoms with Gasteiger partial charge in [-0.1, -0.05) is 0 Å². The van der Waals surface area contributed by atoms with Crippen LogP contribution in [0.2, 0.25) is 0 Å². The van der Waals surface area contributed by atoms with Gasteiger partial charge in [-0.3, -0.25) is 0 Å². The topological polar surface area (TPSA) is 41.6 Å². The van der Waals surface area contributed by atoms with Gasteiger partial charge in [0.15, 0.2) is 0 Å². The lowest BCUT2D eigenvalue weighted by Crippen LogP contribution is -2.20. The zero-order valence-electron chi connectivity index (χ0n) is 10.6. The van der Waals surface area contributed by atoms with E-state index in [1.165, 1.54) is 6.08 Å². The molecule has 0 rings (SSSR count). The van der Waals surface area contributed by atoms with Gasteiger partial charge in [-0.2, -0.15) is 0 Å². The van der Waals surface area contributed by atoms with E-state index in [0.717, 1.165) is 25.2 Å². The highest BCUT2D eigenvalue weighted by molar-refractivity contribution is 5.85. The van der Waals surface area contributed by atoms with Gasteiger partial charge in [-0.15, -0.1) is 12.4 Å². The molecule has 0 aromatic carbocycles. The number of esters is 1. The first-order valence-corrected chi connectivity index (χ1v) is 5.30.